The average molecular weight is 290 g/mol. The molecule has 0 amide bonds. The molecule has 110 valence electrons. The van der Waals surface area contributed by atoms with Crippen molar-refractivity contribution in [2.24, 2.45) is 0 Å². The predicted octanol–water partition coefficient (Wildman–Crippen LogP) is 3.85. The largest absolute Gasteiger partial charge is 0.285 e. The second-order valence-electron chi connectivity index (χ2n) is 6.01. The van der Waals surface area contributed by atoms with Crippen LogP contribution in [0.3, 0.4) is 0 Å². The van der Waals surface area contributed by atoms with E-state index in [1.807, 2.05) is 12.1 Å². The summed E-state index contributed by atoms with van der Waals surface area (Å²) in [6.07, 6.45) is 1.60. The zero-order valence-electron chi connectivity index (χ0n) is 12.3. The van der Waals surface area contributed by atoms with Crippen LogP contribution < -0.4 is 4.73 Å². The van der Waals surface area contributed by atoms with Crippen LogP contribution in [0.4, 0.5) is 8.78 Å². The topological polar surface area (TPSA) is 24.1 Å². The van der Waals surface area contributed by atoms with Crippen molar-refractivity contribution >= 4 is 5.57 Å². The first-order valence-electron chi connectivity index (χ1n) is 6.60. The van der Waals surface area contributed by atoms with Gasteiger partial charge in [0.15, 0.2) is 0 Å². The predicted molar refractivity (Wildman–Crippen MR) is 77.0 cm³/mol. The maximum absolute atomic E-state index is 13.8. The van der Waals surface area contributed by atoms with Crippen LogP contribution in [0.25, 0.3) is 5.57 Å². The SMILES string of the molecule is C=C(c1ccc(C(C)(C)C)cc1)c1c(F)c[n+](O)cc1F. The fourth-order valence-corrected chi connectivity index (χ4v) is 2.12. The number of pyridine rings is 1. The van der Waals surface area contributed by atoms with Crippen LogP contribution in [0.5, 0.6) is 0 Å². The first kappa shape index (κ1) is 15.2. The molecule has 0 aliphatic carbocycles. The highest BCUT2D eigenvalue weighted by atomic mass is 19.1. The maximum atomic E-state index is 13.8. The van der Waals surface area contributed by atoms with Crippen molar-refractivity contribution < 1.29 is 18.7 Å². The van der Waals surface area contributed by atoms with E-state index in [9.17, 15) is 8.78 Å². The number of benzene rings is 1. The monoisotopic (exact) mass is 290 g/mol. The Balaban J connectivity index is 2.42. The Bertz CT molecular complexity index is 662. The molecule has 2 nitrogen and oxygen atoms in total. The summed E-state index contributed by atoms with van der Waals surface area (Å²) in [5.74, 6) is -1.72. The molecule has 0 fully saturated rings. The Morgan fingerprint density at radius 2 is 1.52 bits per heavy atom. The van der Waals surface area contributed by atoms with Crippen LogP contribution in [0.1, 0.15) is 37.5 Å². The van der Waals surface area contributed by atoms with Crippen molar-refractivity contribution in [1.82, 2.24) is 0 Å². The summed E-state index contributed by atoms with van der Waals surface area (Å²) < 4.78 is 28.0. The van der Waals surface area contributed by atoms with Crippen LogP contribution in [0.2, 0.25) is 0 Å². The Labute approximate surface area is 122 Å². The third-order valence-corrected chi connectivity index (χ3v) is 3.37. The second kappa shape index (κ2) is 5.28. The quantitative estimate of drug-likeness (QED) is 0.659. The molecule has 2 aromatic rings. The molecule has 21 heavy (non-hydrogen) atoms. The van der Waals surface area contributed by atoms with Gasteiger partial charge in [-0.2, -0.15) is 8.78 Å². The van der Waals surface area contributed by atoms with Gasteiger partial charge in [0, 0.05) is 4.73 Å². The van der Waals surface area contributed by atoms with E-state index in [1.165, 1.54) is 0 Å². The van der Waals surface area contributed by atoms with Gasteiger partial charge in [-0.3, -0.25) is 5.21 Å². The highest BCUT2D eigenvalue weighted by molar-refractivity contribution is 5.78. The Hall–Kier alpha value is -2.23. The van der Waals surface area contributed by atoms with E-state index in [1.54, 1.807) is 12.1 Å². The number of nitrogens with zero attached hydrogens (tertiary/aromatic N) is 1. The van der Waals surface area contributed by atoms with E-state index < -0.39 is 11.6 Å². The fraction of sp³-hybridized carbons (Fsp3) is 0.235. The van der Waals surface area contributed by atoms with Crippen molar-refractivity contribution in [3.63, 3.8) is 0 Å². The second-order valence-corrected chi connectivity index (χ2v) is 6.01. The fourth-order valence-electron chi connectivity index (χ4n) is 2.12. The van der Waals surface area contributed by atoms with Gasteiger partial charge < -0.3 is 0 Å². The lowest BCUT2D eigenvalue weighted by atomic mass is 9.86. The molecule has 1 aromatic heterocycles. The number of hydrogen-bond donors (Lipinski definition) is 1. The minimum Gasteiger partial charge on any atom is -0.285 e. The molecular weight excluding hydrogens is 272 g/mol. The molecule has 1 N–H and O–H groups in total. The molecule has 0 atom stereocenters. The van der Waals surface area contributed by atoms with Crippen LogP contribution in [0, 0.1) is 11.6 Å². The number of halogens is 2. The Kier molecular flexibility index (Phi) is 3.81. The number of rotatable bonds is 2. The molecular formula is C17H18F2NO+. The molecule has 0 saturated heterocycles. The minimum absolute atomic E-state index is 0.00550. The normalized spacial score (nSPS) is 11.5. The van der Waals surface area contributed by atoms with Gasteiger partial charge in [-0.15, -0.1) is 0 Å². The number of hydrogen-bond acceptors (Lipinski definition) is 1. The van der Waals surface area contributed by atoms with Gasteiger partial charge in [-0.05, 0) is 22.1 Å². The first-order valence-corrected chi connectivity index (χ1v) is 6.60. The summed E-state index contributed by atoms with van der Waals surface area (Å²) in [7, 11) is 0. The molecule has 1 heterocycles. The third kappa shape index (κ3) is 3.10. The van der Waals surface area contributed by atoms with Gasteiger partial charge in [0.2, 0.25) is 11.6 Å². The van der Waals surface area contributed by atoms with Crippen LogP contribution in [0.15, 0.2) is 43.2 Å². The first-order chi connectivity index (χ1) is 9.70. The van der Waals surface area contributed by atoms with Crippen LogP contribution >= 0.6 is 0 Å². The lowest BCUT2D eigenvalue weighted by Gasteiger charge is -2.19. The Morgan fingerprint density at radius 3 is 1.95 bits per heavy atom. The molecule has 1 aromatic carbocycles. The molecule has 2 rings (SSSR count). The summed E-state index contributed by atoms with van der Waals surface area (Å²) in [4.78, 5) is 0. The number of aromatic nitrogens is 1. The van der Waals surface area contributed by atoms with Gasteiger partial charge in [0.05, 0.1) is 5.56 Å². The van der Waals surface area contributed by atoms with Gasteiger partial charge in [-0.25, -0.2) is 0 Å². The standard InChI is InChI=1S/C17H18F2NO/c1-11(16-14(18)9-20(21)10-15(16)19)12-5-7-13(8-6-12)17(2,3)4/h5-10,21H,1H2,2-4H3/q+1. The van der Waals surface area contributed by atoms with Gasteiger partial charge in [-0.1, -0.05) is 51.6 Å². The zero-order valence-corrected chi connectivity index (χ0v) is 12.3. The molecule has 4 heteroatoms. The van der Waals surface area contributed by atoms with E-state index in [0.717, 1.165) is 18.0 Å². The van der Waals surface area contributed by atoms with E-state index in [4.69, 9.17) is 5.21 Å². The third-order valence-electron chi connectivity index (χ3n) is 3.37. The lowest BCUT2D eigenvalue weighted by molar-refractivity contribution is -0.906. The van der Waals surface area contributed by atoms with Crippen LogP contribution in [-0.2, 0) is 5.41 Å². The van der Waals surface area contributed by atoms with Crippen molar-refractivity contribution in [3.05, 3.63) is 71.6 Å². The van der Waals surface area contributed by atoms with Gasteiger partial charge >= 0.3 is 0 Å². The van der Waals surface area contributed by atoms with E-state index in [0.29, 0.717) is 10.3 Å². The molecule has 0 aliphatic heterocycles. The summed E-state index contributed by atoms with van der Waals surface area (Å²) in [6, 6.07) is 7.43. The summed E-state index contributed by atoms with van der Waals surface area (Å²) in [5, 5.41) is 9.10. The summed E-state index contributed by atoms with van der Waals surface area (Å²) in [6.45, 7) is 10.0. The van der Waals surface area contributed by atoms with Crippen molar-refractivity contribution in [3.8, 4) is 0 Å². The zero-order chi connectivity index (χ0) is 15.8. The Morgan fingerprint density at radius 1 is 1.05 bits per heavy atom. The average Bonchev–Trinajstić information content (AvgIpc) is 2.36. The highest BCUT2D eigenvalue weighted by Gasteiger charge is 2.20. The van der Waals surface area contributed by atoms with Crippen LogP contribution in [-0.4, -0.2) is 5.21 Å². The summed E-state index contributed by atoms with van der Waals surface area (Å²) >= 11 is 0. The molecule has 0 unspecified atom stereocenters. The maximum Gasteiger partial charge on any atom is 0.258 e. The van der Waals surface area contributed by atoms with Crippen molar-refractivity contribution in [2.75, 3.05) is 0 Å². The van der Waals surface area contributed by atoms with Crippen molar-refractivity contribution in [2.45, 2.75) is 26.2 Å². The molecule has 0 saturated carbocycles. The van der Waals surface area contributed by atoms with E-state index >= 15 is 0 Å². The summed E-state index contributed by atoms with van der Waals surface area (Å²) in [5.41, 5.74) is 1.78. The van der Waals surface area contributed by atoms with E-state index in [-0.39, 0.29) is 16.6 Å². The highest BCUT2D eigenvalue weighted by Crippen LogP contribution is 2.28. The smallest absolute Gasteiger partial charge is 0.258 e. The van der Waals surface area contributed by atoms with Crippen molar-refractivity contribution in [1.29, 1.82) is 0 Å². The molecule has 0 aliphatic rings. The molecule has 0 radical (unpaired) electrons. The van der Waals surface area contributed by atoms with Gasteiger partial charge in [0.25, 0.3) is 12.4 Å². The van der Waals surface area contributed by atoms with E-state index in [2.05, 4.69) is 27.4 Å². The van der Waals surface area contributed by atoms with Gasteiger partial charge in [0.1, 0.15) is 0 Å². The molecule has 0 spiro atoms. The molecule has 0 bridgehead atoms. The minimum atomic E-state index is -0.859. The lowest BCUT2D eigenvalue weighted by Crippen LogP contribution is -2.31.